The van der Waals surface area contributed by atoms with Gasteiger partial charge in [-0.3, -0.25) is 9.89 Å². The van der Waals surface area contributed by atoms with Crippen molar-refractivity contribution in [2.45, 2.75) is 6.92 Å². The molecule has 0 saturated carbocycles. The van der Waals surface area contributed by atoms with E-state index in [-0.39, 0.29) is 5.56 Å². The number of aryl methyl sites for hydroxylation is 1. The Morgan fingerprint density at radius 2 is 2.00 bits per heavy atom. The molecule has 0 aliphatic carbocycles. The predicted octanol–water partition coefficient (Wildman–Crippen LogP) is 3.27. The van der Waals surface area contributed by atoms with E-state index in [1.807, 2.05) is 37.3 Å². The summed E-state index contributed by atoms with van der Waals surface area (Å²) >= 11 is 5.78. The number of pyridine rings is 1. The largest absolute Gasteiger partial charge is 0.295 e. The van der Waals surface area contributed by atoms with Gasteiger partial charge in [0, 0.05) is 18.1 Å². The topological polar surface area (TPSA) is 63.0 Å². The fraction of sp³-hybridized carbons (Fsp3) is 0.0625. The molecule has 0 amide bonds. The van der Waals surface area contributed by atoms with Crippen LogP contribution in [0.4, 0.5) is 5.82 Å². The highest BCUT2D eigenvalue weighted by molar-refractivity contribution is 6.30. The molecule has 6 heteroatoms. The number of benzene rings is 1. The number of nitrogens with one attached hydrogen (secondary N) is 1. The molecular formula is C16H13ClN4O. The number of rotatable bonds is 3. The molecule has 0 aliphatic rings. The molecule has 2 heterocycles. The minimum Gasteiger partial charge on any atom is -0.295 e. The quantitative estimate of drug-likeness (QED) is 0.754. The van der Waals surface area contributed by atoms with Gasteiger partial charge < -0.3 is 0 Å². The molecule has 0 atom stereocenters. The molecule has 5 nitrogen and oxygen atoms in total. The van der Waals surface area contributed by atoms with Gasteiger partial charge in [-0.15, -0.1) is 0 Å². The average molecular weight is 313 g/mol. The Hall–Kier alpha value is -2.66. The van der Waals surface area contributed by atoms with Crippen LogP contribution in [-0.4, -0.2) is 21.0 Å². The number of halogens is 1. The molecule has 0 aliphatic heterocycles. The van der Waals surface area contributed by atoms with E-state index in [0.717, 1.165) is 11.4 Å². The van der Waals surface area contributed by atoms with E-state index in [1.165, 1.54) is 17.1 Å². The third kappa shape index (κ3) is 2.84. The number of hydrogen-bond acceptors (Lipinski definition) is 3. The molecule has 22 heavy (non-hydrogen) atoms. The van der Waals surface area contributed by atoms with Gasteiger partial charge in [0.1, 0.15) is 0 Å². The lowest BCUT2D eigenvalue weighted by atomic mass is 10.3. The van der Waals surface area contributed by atoms with E-state index >= 15 is 0 Å². The van der Waals surface area contributed by atoms with Gasteiger partial charge in [-0.2, -0.15) is 0 Å². The van der Waals surface area contributed by atoms with Crippen LogP contribution in [0.25, 0.3) is 5.69 Å². The number of aromatic amines is 1. The van der Waals surface area contributed by atoms with E-state index in [9.17, 15) is 4.79 Å². The monoisotopic (exact) mass is 312 g/mol. The van der Waals surface area contributed by atoms with Gasteiger partial charge >= 0.3 is 0 Å². The van der Waals surface area contributed by atoms with Crippen LogP contribution >= 0.6 is 11.6 Å². The van der Waals surface area contributed by atoms with E-state index in [0.29, 0.717) is 16.4 Å². The maximum atomic E-state index is 12.5. The molecule has 3 aromatic rings. The lowest BCUT2D eigenvalue weighted by molar-refractivity contribution is 0.835. The number of nitrogens with zero attached hydrogens (tertiary/aromatic N) is 3. The Labute approximate surface area is 131 Å². The van der Waals surface area contributed by atoms with Gasteiger partial charge in [0.05, 0.1) is 16.3 Å². The van der Waals surface area contributed by atoms with Crippen LogP contribution in [0.15, 0.2) is 58.4 Å². The number of aromatic nitrogens is 3. The second-order valence-corrected chi connectivity index (χ2v) is 5.16. The van der Waals surface area contributed by atoms with Crippen molar-refractivity contribution < 1.29 is 0 Å². The van der Waals surface area contributed by atoms with Crippen LogP contribution in [0.2, 0.25) is 5.02 Å². The third-order valence-corrected chi connectivity index (χ3v) is 3.39. The number of H-pyrrole nitrogens is 1. The molecule has 0 bridgehead atoms. The van der Waals surface area contributed by atoms with Crippen molar-refractivity contribution in [1.82, 2.24) is 14.8 Å². The van der Waals surface area contributed by atoms with Gasteiger partial charge in [-0.25, -0.2) is 14.7 Å². The smallest absolute Gasteiger partial charge is 0.280 e. The van der Waals surface area contributed by atoms with E-state index < -0.39 is 0 Å². The Kier molecular flexibility index (Phi) is 3.89. The summed E-state index contributed by atoms with van der Waals surface area (Å²) in [5.41, 5.74) is 1.87. The molecular weight excluding hydrogens is 300 g/mol. The zero-order valence-electron chi connectivity index (χ0n) is 11.8. The molecule has 1 N–H and O–H groups in total. The average Bonchev–Trinajstić information content (AvgIpc) is 2.82. The van der Waals surface area contributed by atoms with Crippen molar-refractivity contribution in [3.63, 3.8) is 0 Å². The van der Waals surface area contributed by atoms with E-state index in [2.05, 4.69) is 15.1 Å². The summed E-state index contributed by atoms with van der Waals surface area (Å²) in [5.74, 6) is 0.496. The highest BCUT2D eigenvalue weighted by Crippen LogP contribution is 2.12. The standard InChI is InChI=1S/C16H13ClN4O/c1-11-14(10-19-15-8-7-12(17)9-18-15)16(22)21(20-11)13-5-3-2-4-6-13/h2-10,20H,1H3. The first-order valence-electron chi connectivity index (χ1n) is 6.68. The Morgan fingerprint density at radius 3 is 2.68 bits per heavy atom. The summed E-state index contributed by atoms with van der Waals surface area (Å²) < 4.78 is 1.49. The van der Waals surface area contributed by atoms with E-state index in [4.69, 9.17) is 11.6 Å². The maximum Gasteiger partial charge on any atom is 0.280 e. The molecule has 3 rings (SSSR count). The van der Waals surface area contributed by atoms with E-state index in [1.54, 1.807) is 12.1 Å². The first kappa shape index (κ1) is 14.3. The summed E-state index contributed by atoms with van der Waals surface area (Å²) in [4.78, 5) is 20.8. The summed E-state index contributed by atoms with van der Waals surface area (Å²) in [6.45, 7) is 1.83. The highest BCUT2D eigenvalue weighted by Gasteiger charge is 2.10. The normalized spacial score (nSPS) is 11.2. The molecule has 110 valence electrons. The second kappa shape index (κ2) is 5.99. The first-order valence-corrected chi connectivity index (χ1v) is 7.05. The van der Waals surface area contributed by atoms with Crippen LogP contribution in [-0.2, 0) is 0 Å². The van der Waals surface area contributed by atoms with Gasteiger partial charge in [0.15, 0.2) is 5.82 Å². The predicted molar refractivity (Wildman–Crippen MR) is 87.6 cm³/mol. The van der Waals surface area contributed by atoms with Crippen molar-refractivity contribution in [2.75, 3.05) is 0 Å². The van der Waals surface area contributed by atoms with Crippen LogP contribution in [0.5, 0.6) is 0 Å². The van der Waals surface area contributed by atoms with Gasteiger partial charge in [0.25, 0.3) is 5.56 Å². The van der Waals surface area contributed by atoms with Crippen LogP contribution in [0.3, 0.4) is 0 Å². The summed E-state index contributed by atoms with van der Waals surface area (Å²) in [5, 5.41) is 3.59. The molecule has 0 spiro atoms. The lowest BCUT2D eigenvalue weighted by Crippen LogP contribution is -2.17. The molecule has 0 fully saturated rings. The Balaban J connectivity index is 1.97. The Morgan fingerprint density at radius 1 is 1.23 bits per heavy atom. The van der Waals surface area contributed by atoms with Crippen LogP contribution in [0, 0.1) is 6.92 Å². The van der Waals surface area contributed by atoms with Crippen LogP contribution in [0.1, 0.15) is 11.3 Å². The second-order valence-electron chi connectivity index (χ2n) is 4.72. The fourth-order valence-electron chi connectivity index (χ4n) is 2.05. The molecule has 0 radical (unpaired) electrons. The number of hydrogen-bond donors (Lipinski definition) is 1. The zero-order valence-corrected chi connectivity index (χ0v) is 12.6. The minimum absolute atomic E-state index is 0.151. The van der Waals surface area contributed by atoms with Crippen molar-refractivity contribution >= 4 is 23.6 Å². The highest BCUT2D eigenvalue weighted by atomic mass is 35.5. The van der Waals surface area contributed by atoms with Gasteiger partial charge in [0.2, 0.25) is 0 Å². The maximum absolute atomic E-state index is 12.5. The number of para-hydroxylation sites is 1. The van der Waals surface area contributed by atoms with Gasteiger partial charge in [-0.1, -0.05) is 29.8 Å². The number of aliphatic imine (C=N–C) groups is 1. The van der Waals surface area contributed by atoms with Crippen LogP contribution < -0.4 is 5.56 Å². The summed E-state index contributed by atoms with van der Waals surface area (Å²) in [6, 6.07) is 12.8. The lowest BCUT2D eigenvalue weighted by Gasteiger charge is -1.99. The van der Waals surface area contributed by atoms with Gasteiger partial charge in [-0.05, 0) is 31.2 Å². The third-order valence-electron chi connectivity index (χ3n) is 3.17. The molecule has 1 aromatic carbocycles. The fourth-order valence-corrected chi connectivity index (χ4v) is 2.16. The van der Waals surface area contributed by atoms with Crippen molar-refractivity contribution in [2.24, 2.45) is 4.99 Å². The summed E-state index contributed by atoms with van der Waals surface area (Å²) in [6.07, 6.45) is 3.03. The first-order chi connectivity index (χ1) is 10.6. The molecule has 0 unspecified atom stereocenters. The summed E-state index contributed by atoms with van der Waals surface area (Å²) in [7, 11) is 0. The van der Waals surface area contributed by atoms with Crippen molar-refractivity contribution in [3.8, 4) is 5.69 Å². The zero-order chi connectivity index (χ0) is 15.5. The molecule has 2 aromatic heterocycles. The van der Waals surface area contributed by atoms with Crippen molar-refractivity contribution in [1.29, 1.82) is 0 Å². The molecule has 0 saturated heterocycles. The SMILES string of the molecule is Cc1[nH]n(-c2ccccc2)c(=O)c1C=Nc1ccc(Cl)cn1. The van der Waals surface area contributed by atoms with Crippen molar-refractivity contribution in [3.05, 3.63) is 75.3 Å². The Bertz CT molecular complexity index is 863. The minimum atomic E-state index is -0.151.